The Morgan fingerprint density at radius 2 is 1.46 bits per heavy atom. The van der Waals surface area contributed by atoms with Crippen molar-refractivity contribution < 1.29 is 29.2 Å². The van der Waals surface area contributed by atoms with E-state index >= 15 is 0 Å². The molecule has 24 heavy (non-hydrogen) atoms. The quantitative estimate of drug-likeness (QED) is 0.685. The molecule has 0 bridgehead atoms. The second kappa shape index (κ2) is 8.67. The Hall–Kier alpha value is -2.89. The van der Waals surface area contributed by atoms with Crippen LogP contribution >= 0.6 is 0 Å². The highest BCUT2D eigenvalue weighted by molar-refractivity contribution is 5.91. The number of methoxy groups -OCH3 is 1. The van der Waals surface area contributed by atoms with Crippen molar-refractivity contribution in [3.8, 4) is 23.0 Å². The van der Waals surface area contributed by atoms with Crippen LogP contribution in [0.2, 0.25) is 0 Å². The minimum atomic E-state index is -1.19. The number of rotatable bonds is 9. The zero-order valence-electron chi connectivity index (χ0n) is 13.4. The first-order valence-electron chi connectivity index (χ1n) is 7.56. The predicted molar refractivity (Wildman–Crippen MR) is 88.3 cm³/mol. The summed E-state index contributed by atoms with van der Waals surface area (Å²) < 4.78 is 16.2. The van der Waals surface area contributed by atoms with Crippen LogP contribution in [-0.2, 0) is 0 Å². The van der Waals surface area contributed by atoms with Gasteiger partial charge in [0.2, 0.25) is 0 Å². The van der Waals surface area contributed by atoms with E-state index in [4.69, 9.17) is 19.3 Å². The molecule has 0 aliphatic rings. The minimum Gasteiger partial charge on any atom is -0.507 e. The maximum atomic E-state index is 10.9. The standard InChI is InChI=1S/C18H20O6/c1-22-13-4-6-14(7-5-13)23-10-2-3-11-24-15-8-9-17(19)16(12-15)18(20)21/h4-9,12,19H,2-3,10-11H2,1H3,(H,20,21). The normalized spacial score (nSPS) is 10.2. The van der Waals surface area contributed by atoms with E-state index in [9.17, 15) is 9.90 Å². The van der Waals surface area contributed by atoms with Crippen molar-refractivity contribution in [2.24, 2.45) is 0 Å². The van der Waals surface area contributed by atoms with E-state index in [1.54, 1.807) is 7.11 Å². The average Bonchev–Trinajstić information content (AvgIpc) is 2.59. The molecule has 6 nitrogen and oxygen atoms in total. The summed E-state index contributed by atoms with van der Waals surface area (Å²) in [5.41, 5.74) is -0.171. The van der Waals surface area contributed by atoms with Crippen molar-refractivity contribution in [2.75, 3.05) is 20.3 Å². The van der Waals surface area contributed by atoms with Gasteiger partial charge < -0.3 is 24.4 Å². The zero-order valence-corrected chi connectivity index (χ0v) is 13.4. The molecule has 2 aromatic carbocycles. The number of benzene rings is 2. The lowest BCUT2D eigenvalue weighted by atomic mass is 10.2. The van der Waals surface area contributed by atoms with Gasteiger partial charge in [0.1, 0.15) is 28.6 Å². The summed E-state index contributed by atoms with van der Waals surface area (Å²) in [5.74, 6) is 0.515. The summed E-state index contributed by atoms with van der Waals surface area (Å²) in [6.07, 6.45) is 1.56. The van der Waals surface area contributed by atoms with Crippen LogP contribution in [0, 0.1) is 0 Å². The summed E-state index contributed by atoms with van der Waals surface area (Å²) in [6.45, 7) is 1.00. The lowest BCUT2D eigenvalue weighted by Gasteiger charge is -2.09. The molecule has 2 rings (SSSR count). The van der Waals surface area contributed by atoms with Crippen LogP contribution in [0.25, 0.3) is 0 Å². The molecule has 0 saturated carbocycles. The number of carbonyl (C=O) groups is 1. The number of aromatic hydroxyl groups is 1. The topological polar surface area (TPSA) is 85.2 Å². The first-order chi connectivity index (χ1) is 11.6. The highest BCUT2D eigenvalue weighted by Crippen LogP contribution is 2.23. The van der Waals surface area contributed by atoms with Crippen molar-refractivity contribution in [3.05, 3.63) is 48.0 Å². The van der Waals surface area contributed by atoms with E-state index in [2.05, 4.69) is 0 Å². The number of hydrogen-bond acceptors (Lipinski definition) is 5. The van der Waals surface area contributed by atoms with Gasteiger partial charge in [-0.15, -0.1) is 0 Å². The molecule has 0 fully saturated rings. The molecule has 0 aliphatic carbocycles. The Labute approximate surface area is 140 Å². The Kier molecular flexibility index (Phi) is 6.31. The van der Waals surface area contributed by atoms with Gasteiger partial charge in [-0.3, -0.25) is 0 Å². The van der Waals surface area contributed by atoms with Gasteiger partial charge in [-0.2, -0.15) is 0 Å². The van der Waals surface area contributed by atoms with Gasteiger partial charge in [0.25, 0.3) is 0 Å². The van der Waals surface area contributed by atoms with Gasteiger partial charge in [0, 0.05) is 0 Å². The number of aromatic carboxylic acids is 1. The van der Waals surface area contributed by atoms with E-state index in [-0.39, 0.29) is 11.3 Å². The van der Waals surface area contributed by atoms with Crippen molar-refractivity contribution in [1.82, 2.24) is 0 Å². The fourth-order valence-corrected chi connectivity index (χ4v) is 2.03. The third-order valence-electron chi connectivity index (χ3n) is 3.33. The van der Waals surface area contributed by atoms with E-state index in [0.717, 1.165) is 24.3 Å². The largest absolute Gasteiger partial charge is 0.507 e. The molecular formula is C18H20O6. The molecule has 6 heteroatoms. The van der Waals surface area contributed by atoms with Crippen LogP contribution in [-0.4, -0.2) is 36.5 Å². The number of phenols is 1. The Balaban J connectivity index is 1.67. The zero-order chi connectivity index (χ0) is 17.4. The molecule has 0 atom stereocenters. The molecule has 0 unspecified atom stereocenters. The Bertz CT molecular complexity index is 666. The molecule has 0 aromatic heterocycles. The number of carboxylic acid groups (broad SMARTS) is 1. The predicted octanol–water partition coefficient (Wildman–Crippen LogP) is 3.34. The molecular weight excluding hydrogens is 312 g/mol. The van der Waals surface area contributed by atoms with Gasteiger partial charge in [0.15, 0.2) is 0 Å². The molecule has 0 heterocycles. The Morgan fingerprint density at radius 3 is 2.04 bits per heavy atom. The average molecular weight is 332 g/mol. The lowest BCUT2D eigenvalue weighted by molar-refractivity contribution is 0.0693. The lowest BCUT2D eigenvalue weighted by Crippen LogP contribution is -2.03. The molecule has 0 amide bonds. The van der Waals surface area contributed by atoms with Crippen molar-refractivity contribution in [3.63, 3.8) is 0 Å². The van der Waals surface area contributed by atoms with Crippen LogP contribution in [0.3, 0.4) is 0 Å². The van der Waals surface area contributed by atoms with Crippen LogP contribution in [0.15, 0.2) is 42.5 Å². The fraction of sp³-hybridized carbons (Fsp3) is 0.278. The molecule has 2 N–H and O–H groups in total. The van der Waals surface area contributed by atoms with Crippen LogP contribution in [0.1, 0.15) is 23.2 Å². The SMILES string of the molecule is COc1ccc(OCCCCOc2ccc(O)c(C(=O)O)c2)cc1. The number of hydrogen-bond donors (Lipinski definition) is 2. The van der Waals surface area contributed by atoms with Gasteiger partial charge in [-0.25, -0.2) is 4.79 Å². The third kappa shape index (κ3) is 5.08. The second-order valence-corrected chi connectivity index (χ2v) is 5.06. The summed E-state index contributed by atoms with van der Waals surface area (Å²) in [6, 6.07) is 11.5. The van der Waals surface area contributed by atoms with Crippen molar-refractivity contribution >= 4 is 5.97 Å². The Morgan fingerprint density at radius 1 is 0.917 bits per heavy atom. The summed E-state index contributed by atoms with van der Waals surface area (Å²) >= 11 is 0. The second-order valence-electron chi connectivity index (χ2n) is 5.06. The van der Waals surface area contributed by atoms with Gasteiger partial charge in [-0.05, 0) is 55.3 Å². The van der Waals surface area contributed by atoms with Gasteiger partial charge >= 0.3 is 5.97 Å². The first kappa shape index (κ1) is 17.5. The number of carboxylic acids is 1. The van der Waals surface area contributed by atoms with E-state index in [0.29, 0.717) is 19.0 Å². The van der Waals surface area contributed by atoms with Crippen molar-refractivity contribution in [2.45, 2.75) is 12.8 Å². The minimum absolute atomic E-state index is 0.171. The molecule has 2 aromatic rings. The molecule has 0 aliphatic heterocycles. The van der Waals surface area contributed by atoms with E-state index in [1.165, 1.54) is 18.2 Å². The summed E-state index contributed by atoms with van der Waals surface area (Å²) in [7, 11) is 1.61. The highest BCUT2D eigenvalue weighted by atomic mass is 16.5. The molecule has 0 saturated heterocycles. The van der Waals surface area contributed by atoms with E-state index in [1.807, 2.05) is 24.3 Å². The van der Waals surface area contributed by atoms with Gasteiger partial charge in [-0.1, -0.05) is 0 Å². The highest BCUT2D eigenvalue weighted by Gasteiger charge is 2.10. The van der Waals surface area contributed by atoms with Crippen LogP contribution in [0.4, 0.5) is 0 Å². The molecule has 128 valence electrons. The summed E-state index contributed by atoms with van der Waals surface area (Å²) in [5, 5.41) is 18.4. The van der Waals surface area contributed by atoms with Crippen LogP contribution in [0.5, 0.6) is 23.0 Å². The third-order valence-corrected chi connectivity index (χ3v) is 3.33. The van der Waals surface area contributed by atoms with Crippen molar-refractivity contribution in [1.29, 1.82) is 0 Å². The monoisotopic (exact) mass is 332 g/mol. The maximum absolute atomic E-state index is 10.9. The van der Waals surface area contributed by atoms with E-state index < -0.39 is 5.97 Å². The smallest absolute Gasteiger partial charge is 0.339 e. The number of ether oxygens (including phenoxy) is 3. The van der Waals surface area contributed by atoms with Gasteiger partial charge in [0.05, 0.1) is 20.3 Å². The maximum Gasteiger partial charge on any atom is 0.339 e. The fourth-order valence-electron chi connectivity index (χ4n) is 2.03. The van der Waals surface area contributed by atoms with Crippen LogP contribution < -0.4 is 14.2 Å². The summed E-state index contributed by atoms with van der Waals surface area (Å²) in [4.78, 5) is 10.9. The molecule has 0 radical (unpaired) electrons. The first-order valence-corrected chi connectivity index (χ1v) is 7.56. The molecule has 0 spiro atoms. The number of unbranched alkanes of at least 4 members (excludes halogenated alkanes) is 1.